The number of nitrogens with two attached hydrogens (primary N) is 1. The molecule has 2 aromatic heterocycles. The number of furan rings is 1. The topological polar surface area (TPSA) is 94.0 Å². The predicted molar refractivity (Wildman–Crippen MR) is 107 cm³/mol. The highest BCUT2D eigenvalue weighted by atomic mass is 32.2. The molecule has 0 aliphatic carbocycles. The second kappa shape index (κ2) is 6.72. The lowest BCUT2D eigenvalue weighted by molar-refractivity contribution is -0.113. The van der Waals surface area contributed by atoms with Gasteiger partial charge in [-0.3, -0.25) is 14.8 Å². The molecule has 0 saturated heterocycles. The fourth-order valence-electron chi connectivity index (χ4n) is 3.27. The average Bonchev–Trinajstić information content (AvgIpc) is 3.40. The van der Waals surface area contributed by atoms with E-state index in [0.29, 0.717) is 36.1 Å². The third kappa shape index (κ3) is 2.91. The molecule has 28 heavy (non-hydrogen) atoms. The Bertz CT molecular complexity index is 1140. The van der Waals surface area contributed by atoms with E-state index in [9.17, 15) is 4.79 Å². The van der Waals surface area contributed by atoms with Crippen LogP contribution in [0.2, 0.25) is 0 Å². The number of benzene rings is 1. The molecule has 0 atom stereocenters. The number of primary amides is 1. The van der Waals surface area contributed by atoms with Crippen molar-refractivity contribution in [3.05, 3.63) is 65.0 Å². The number of hydrogen-bond donors (Lipinski definition) is 1. The fraction of sp³-hybridized carbons (Fsp3) is 0.150. The van der Waals surface area contributed by atoms with Crippen LogP contribution in [0.3, 0.4) is 0 Å². The molecule has 0 unspecified atom stereocenters. The summed E-state index contributed by atoms with van der Waals surface area (Å²) in [6.45, 7) is 1.85. The standard InChI is InChI=1S/C20H16N4O3S/c21-19(25)18-17(24-7-6-23-20(24)28-18)16-9-13-8-14(3-4-15(13)27-16)26-11-12-2-1-5-22-10-12/h1-5,8-10H,6-7,11H2,(H2,21,25). The van der Waals surface area contributed by atoms with Gasteiger partial charge in [0, 0.05) is 29.9 Å². The highest BCUT2D eigenvalue weighted by Crippen LogP contribution is 2.43. The second-order valence-corrected chi connectivity index (χ2v) is 7.40. The molecule has 2 N–H and O–H groups in total. The van der Waals surface area contributed by atoms with Crippen LogP contribution in [-0.4, -0.2) is 34.0 Å². The largest absolute Gasteiger partial charge is 0.489 e. The molecule has 0 spiro atoms. The van der Waals surface area contributed by atoms with Crippen LogP contribution in [-0.2, 0) is 11.4 Å². The van der Waals surface area contributed by atoms with Crippen molar-refractivity contribution in [2.45, 2.75) is 6.61 Å². The monoisotopic (exact) mass is 392 g/mol. The van der Waals surface area contributed by atoms with Gasteiger partial charge in [0.1, 0.15) is 28.5 Å². The van der Waals surface area contributed by atoms with E-state index >= 15 is 0 Å². The first-order valence-corrected chi connectivity index (χ1v) is 9.60. The number of hydrogen-bond acceptors (Lipinski definition) is 7. The molecule has 3 aromatic rings. The van der Waals surface area contributed by atoms with Gasteiger partial charge in [0.15, 0.2) is 10.9 Å². The van der Waals surface area contributed by atoms with Crippen molar-refractivity contribution in [3.8, 4) is 5.75 Å². The molecule has 1 amide bonds. The highest BCUT2D eigenvalue weighted by molar-refractivity contribution is 8.18. The van der Waals surface area contributed by atoms with Gasteiger partial charge < -0.3 is 19.8 Å². The normalized spacial score (nSPS) is 15.9. The zero-order valence-corrected chi connectivity index (χ0v) is 15.6. The lowest BCUT2D eigenvalue weighted by Crippen LogP contribution is -2.20. The molecule has 2 aliphatic rings. The number of thioether (sulfide) groups is 1. The van der Waals surface area contributed by atoms with Crippen molar-refractivity contribution in [1.82, 2.24) is 9.88 Å². The van der Waals surface area contributed by atoms with Crippen molar-refractivity contribution in [2.24, 2.45) is 10.7 Å². The van der Waals surface area contributed by atoms with Crippen LogP contribution >= 0.6 is 11.8 Å². The smallest absolute Gasteiger partial charge is 0.257 e. The van der Waals surface area contributed by atoms with Crippen LogP contribution in [0.15, 0.2) is 63.1 Å². The van der Waals surface area contributed by atoms with Crippen LogP contribution in [0.5, 0.6) is 5.75 Å². The zero-order chi connectivity index (χ0) is 19.1. The van der Waals surface area contributed by atoms with Crippen LogP contribution in [0.1, 0.15) is 11.3 Å². The first-order valence-electron chi connectivity index (χ1n) is 8.78. The van der Waals surface area contributed by atoms with E-state index in [1.54, 1.807) is 12.4 Å². The van der Waals surface area contributed by atoms with Gasteiger partial charge in [-0.15, -0.1) is 0 Å². The molecule has 7 nitrogen and oxygen atoms in total. The summed E-state index contributed by atoms with van der Waals surface area (Å²) in [5.41, 5.74) is 7.99. The first-order chi connectivity index (χ1) is 13.7. The Balaban J connectivity index is 1.46. The fourth-order valence-corrected chi connectivity index (χ4v) is 4.31. The summed E-state index contributed by atoms with van der Waals surface area (Å²) in [4.78, 5) is 22.9. The summed E-state index contributed by atoms with van der Waals surface area (Å²) in [5.74, 6) is 0.864. The number of ether oxygens (including phenoxy) is 1. The number of carbonyl (C=O) groups is 1. The van der Waals surface area contributed by atoms with Crippen LogP contribution in [0, 0.1) is 0 Å². The maximum absolute atomic E-state index is 11.9. The van der Waals surface area contributed by atoms with Gasteiger partial charge in [-0.05, 0) is 42.1 Å². The van der Waals surface area contributed by atoms with Crippen LogP contribution in [0.25, 0.3) is 16.7 Å². The predicted octanol–water partition coefficient (Wildman–Crippen LogP) is 2.98. The summed E-state index contributed by atoms with van der Waals surface area (Å²) in [5, 5.41) is 1.69. The highest BCUT2D eigenvalue weighted by Gasteiger charge is 2.37. The number of amides is 1. The SMILES string of the molecule is NC(=O)C1=C(c2cc3cc(OCc4cccnc4)ccc3o2)N2CCN=C2S1. The van der Waals surface area contributed by atoms with E-state index in [1.807, 2.05) is 41.3 Å². The van der Waals surface area contributed by atoms with E-state index in [0.717, 1.165) is 27.4 Å². The molecule has 5 rings (SSSR count). The summed E-state index contributed by atoms with van der Waals surface area (Å²) >= 11 is 1.30. The minimum atomic E-state index is -0.474. The Morgan fingerprint density at radius 1 is 1.32 bits per heavy atom. The van der Waals surface area contributed by atoms with E-state index < -0.39 is 5.91 Å². The molecule has 4 heterocycles. The molecule has 8 heteroatoms. The molecule has 0 saturated carbocycles. The number of carbonyl (C=O) groups excluding carboxylic acids is 1. The lowest BCUT2D eigenvalue weighted by Gasteiger charge is -2.14. The minimum Gasteiger partial charge on any atom is -0.489 e. The molecular formula is C20H16N4O3S. The quantitative estimate of drug-likeness (QED) is 0.717. The Hall–Kier alpha value is -3.26. The number of rotatable bonds is 5. The van der Waals surface area contributed by atoms with E-state index in [-0.39, 0.29) is 0 Å². The van der Waals surface area contributed by atoms with Gasteiger partial charge in [-0.25, -0.2) is 0 Å². The Morgan fingerprint density at radius 3 is 3.07 bits per heavy atom. The lowest BCUT2D eigenvalue weighted by atomic mass is 10.2. The van der Waals surface area contributed by atoms with Crippen LogP contribution < -0.4 is 10.5 Å². The van der Waals surface area contributed by atoms with Crippen molar-refractivity contribution >= 4 is 39.5 Å². The van der Waals surface area contributed by atoms with Gasteiger partial charge >= 0.3 is 0 Å². The third-order valence-corrected chi connectivity index (χ3v) is 5.68. The second-order valence-electron chi connectivity index (χ2n) is 6.42. The maximum atomic E-state index is 11.9. The Labute approximate surface area is 164 Å². The van der Waals surface area contributed by atoms with Gasteiger partial charge in [-0.1, -0.05) is 6.07 Å². The number of pyridine rings is 1. The number of fused-ring (bicyclic) bond motifs is 2. The summed E-state index contributed by atoms with van der Waals surface area (Å²) in [7, 11) is 0. The maximum Gasteiger partial charge on any atom is 0.257 e. The van der Waals surface area contributed by atoms with Crippen molar-refractivity contribution < 1.29 is 13.9 Å². The Morgan fingerprint density at radius 2 is 2.25 bits per heavy atom. The van der Waals surface area contributed by atoms with Gasteiger partial charge in [0.05, 0.1) is 6.54 Å². The average molecular weight is 392 g/mol. The third-order valence-electron chi connectivity index (χ3n) is 4.55. The number of nitrogens with zero attached hydrogens (tertiary/aromatic N) is 3. The van der Waals surface area contributed by atoms with Crippen molar-refractivity contribution in [3.63, 3.8) is 0 Å². The van der Waals surface area contributed by atoms with Gasteiger partial charge in [-0.2, -0.15) is 0 Å². The van der Waals surface area contributed by atoms with Gasteiger partial charge in [0.25, 0.3) is 5.91 Å². The van der Waals surface area contributed by atoms with Crippen LogP contribution in [0.4, 0.5) is 0 Å². The summed E-state index contributed by atoms with van der Waals surface area (Å²) in [6, 6.07) is 11.4. The Kier molecular flexibility index (Phi) is 4.05. The molecule has 2 aliphatic heterocycles. The number of aliphatic imine (C=N–C) groups is 1. The minimum absolute atomic E-state index is 0.436. The van der Waals surface area contributed by atoms with E-state index in [2.05, 4.69) is 9.98 Å². The first kappa shape index (κ1) is 16.9. The molecule has 140 valence electrons. The van der Waals surface area contributed by atoms with E-state index in [4.69, 9.17) is 14.9 Å². The van der Waals surface area contributed by atoms with Crippen molar-refractivity contribution in [2.75, 3.05) is 13.1 Å². The number of aromatic nitrogens is 1. The van der Waals surface area contributed by atoms with Gasteiger partial charge in [0.2, 0.25) is 0 Å². The summed E-state index contributed by atoms with van der Waals surface area (Å²) < 4.78 is 11.9. The molecule has 1 aromatic carbocycles. The molecular weight excluding hydrogens is 376 g/mol. The molecule has 0 fully saturated rings. The van der Waals surface area contributed by atoms with E-state index in [1.165, 1.54) is 11.8 Å². The summed E-state index contributed by atoms with van der Waals surface area (Å²) in [6.07, 6.45) is 3.51. The number of amidine groups is 1. The molecule has 0 bridgehead atoms. The molecule has 0 radical (unpaired) electrons. The van der Waals surface area contributed by atoms with Crippen molar-refractivity contribution in [1.29, 1.82) is 0 Å². The zero-order valence-electron chi connectivity index (χ0n) is 14.8.